The molecule has 144 valence electrons. The third-order valence-electron chi connectivity index (χ3n) is 4.72. The van der Waals surface area contributed by atoms with Crippen molar-refractivity contribution in [3.8, 4) is 21.8 Å². The molecule has 0 spiro atoms. The molecule has 1 amide bonds. The number of thiazole rings is 1. The van der Waals surface area contributed by atoms with E-state index in [1.165, 1.54) is 0 Å². The van der Waals surface area contributed by atoms with Crippen molar-refractivity contribution in [1.82, 2.24) is 15.3 Å². The number of rotatable bonds is 6. The van der Waals surface area contributed by atoms with Gasteiger partial charge in [0.05, 0.1) is 18.2 Å². The Morgan fingerprint density at radius 3 is 2.41 bits per heavy atom. The van der Waals surface area contributed by atoms with Crippen molar-refractivity contribution >= 4 is 17.2 Å². The molecule has 0 aliphatic carbocycles. The summed E-state index contributed by atoms with van der Waals surface area (Å²) in [6.45, 7) is 2.00. The van der Waals surface area contributed by atoms with E-state index in [-0.39, 0.29) is 11.9 Å². The fourth-order valence-corrected chi connectivity index (χ4v) is 3.96. The van der Waals surface area contributed by atoms with Gasteiger partial charge in [0, 0.05) is 28.9 Å². The van der Waals surface area contributed by atoms with Gasteiger partial charge in [0.2, 0.25) is 5.91 Å². The van der Waals surface area contributed by atoms with E-state index in [0.29, 0.717) is 6.42 Å². The predicted octanol–water partition coefficient (Wildman–Crippen LogP) is 5.29. The predicted molar refractivity (Wildman–Crippen MR) is 117 cm³/mol. The van der Waals surface area contributed by atoms with Crippen molar-refractivity contribution in [2.75, 3.05) is 0 Å². The molecule has 5 heteroatoms. The number of benzene rings is 2. The average molecular weight is 400 g/mol. The SMILES string of the molecule is C[C@@H](NC(=O)Cc1ccc(-c2csc(-c3ccncc3)n2)cc1)c1ccccc1. The van der Waals surface area contributed by atoms with Crippen LogP contribution in [0.15, 0.2) is 84.5 Å². The zero-order valence-corrected chi connectivity index (χ0v) is 16.9. The minimum Gasteiger partial charge on any atom is -0.349 e. The molecule has 0 aliphatic rings. The molecule has 1 N–H and O–H groups in total. The second-order valence-electron chi connectivity index (χ2n) is 6.85. The Balaban J connectivity index is 1.39. The molecule has 29 heavy (non-hydrogen) atoms. The van der Waals surface area contributed by atoms with Gasteiger partial charge in [-0.3, -0.25) is 9.78 Å². The summed E-state index contributed by atoms with van der Waals surface area (Å²) in [5.74, 6) is 0.0164. The third-order valence-corrected chi connectivity index (χ3v) is 5.61. The van der Waals surface area contributed by atoms with Crippen molar-refractivity contribution in [2.24, 2.45) is 0 Å². The maximum atomic E-state index is 12.4. The number of pyridine rings is 1. The minimum atomic E-state index is -0.00964. The van der Waals surface area contributed by atoms with Gasteiger partial charge in [0.25, 0.3) is 0 Å². The first-order valence-corrected chi connectivity index (χ1v) is 10.4. The van der Waals surface area contributed by atoms with Crippen LogP contribution in [-0.2, 0) is 11.2 Å². The first kappa shape index (κ1) is 19.0. The topological polar surface area (TPSA) is 54.9 Å². The number of hydrogen-bond donors (Lipinski definition) is 1. The van der Waals surface area contributed by atoms with E-state index in [1.54, 1.807) is 23.7 Å². The van der Waals surface area contributed by atoms with Crippen LogP contribution in [0.1, 0.15) is 24.1 Å². The van der Waals surface area contributed by atoms with Crippen LogP contribution in [0.4, 0.5) is 0 Å². The van der Waals surface area contributed by atoms with Crippen molar-refractivity contribution in [1.29, 1.82) is 0 Å². The van der Waals surface area contributed by atoms with Gasteiger partial charge in [-0.05, 0) is 30.2 Å². The fourth-order valence-electron chi connectivity index (χ4n) is 3.13. The zero-order valence-electron chi connectivity index (χ0n) is 16.1. The van der Waals surface area contributed by atoms with E-state index in [0.717, 1.165) is 33.0 Å². The van der Waals surface area contributed by atoms with Crippen molar-refractivity contribution in [3.63, 3.8) is 0 Å². The quantitative estimate of drug-likeness (QED) is 0.479. The van der Waals surface area contributed by atoms with Gasteiger partial charge in [-0.2, -0.15) is 0 Å². The number of hydrogen-bond acceptors (Lipinski definition) is 4. The number of aromatic nitrogens is 2. The van der Waals surface area contributed by atoms with Gasteiger partial charge in [0.15, 0.2) is 0 Å². The van der Waals surface area contributed by atoms with E-state index >= 15 is 0 Å². The average Bonchev–Trinajstić information content (AvgIpc) is 3.26. The first-order chi connectivity index (χ1) is 14.2. The molecule has 4 aromatic rings. The molecular weight excluding hydrogens is 378 g/mol. The maximum absolute atomic E-state index is 12.4. The summed E-state index contributed by atoms with van der Waals surface area (Å²) in [7, 11) is 0. The van der Waals surface area contributed by atoms with Gasteiger partial charge in [-0.15, -0.1) is 11.3 Å². The molecule has 4 rings (SSSR count). The number of carbonyl (C=O) groups is 1. The molecule has 0 bridgehead atoms. The van der Waals surface area contributed by atoms with Crippen LogP contribution in [0.2, 0.25) is 0 Å². The minimum absolute atomic E-state index is 0.00964. The molecule has 4 nitrogen and oxygen atoms in total. The molecule has 0 unspecified atom stereocenters. The van der Waals surface area contributed by atoms with Crippen LogP contribution in [-0.4, -0.2) is 15.9 Å². The highest BCUT2D eigenvalue weighted by molar-refractivity contribution is 7.13. The monoisotopic (exact) mass is 399 g/mol. The summed E-state index contributed by atoms with van der Waals surface area (Å²) in [5, 5.41) is 6.09. The molecule has 2 aromatic carbocycles. The summed E-state index contributed by atoms with van der Waals surface area (Å²) >= 11 is 1.61. The molecule has 2 heterocycles. The Labute approximate surface area is 174 Å². The van der Waals surface area contributed by atoms with Gasteiger partial charge in [-0.25, -0.2) is 4.98 Å². The van der Waals surface area contributed by atoms with E-state index in [4.69, 9.17) is 4.98 Å². The van der Waals surface area contributed by atoms with Gasteiger partial charge >= 0.3 is 0 Å². The lowest BCUT2D eigenvalue weighted by molar-refractivity contribution is -0.121. The van der Waals surface area contributed by atoms with Crippen LogP contribution in [0.5, 0.6) is 0 Å². The van der Waals surface area contributed by atoms with E-state index < -0.39 is 0 Å². The highest BCUT2D eigenvalue weighted by atomic mass is 32.1. The normalized spacial score (nSPS) is 11.8. The second-order valence-corrected chi connectivity index (χ2v) is 7.71. The first-order valence-electron chi connectivity index (χ1n) is 9.48. The van der Waals surface area contributed by atoms with E-state index in [1.807, 2.05) is 73.7 Å². The molecule has 1 atom stereocenters. The summed E-state index contributed by atoms with van der Waals surface area (Å²) < 4.78 is 0. The fraction of sp³-hybridized carbons (Fsp3) is 0.125. The summed E-state index contributed by atoms with van der Waals surface area (Å²) in [5.41, 5.74) is 5.14. The third kappa shape index (κ3) is 4.76. The highest BCUT2D eigenvalue weighted by Gasteiger charge is 2.11. The summed E-state index contributed by atoms with van der Waals surface area (Å²) in [6.07, 6.45) is 3.90. The Morgan fingerprint density at radius 1 is 0.966 bits per heavy atom. The van der Waals surface area contributed by atoms with Crippen molar-refractivity contribution in [3.05, 3.63) is 95.6 Å². The molecule has 2 aromatic heterocycles. The van der Waals surface area contributed by atoms with Crippen molar-refractivity contribution < 1.29 is 4.79 Å². The van der Waals surface area contributed by atoms with Crippen molar-refractivity contribution in [2.45, 2.75) is 19.4 Å². The molecule has 0 fully saturated rings. The highest BCUT2D eigenvalue weighted by Crippen LogP contribution is 2.28. The largest absolute Gasteiger partial charge is 0.349 e. The second kappa shape index (κ2) is 8.80. The van der Waals surface area contributed by atoms with Gasteiger partial charge in [0.1, 0.15) is 5.01 Å². The Hall–Kier alpha value is -3.31. The standard InChI is InChI=1S/C24H21N3OS/c1-17(19-5-3-2-4-6-19)26-23(28)15-18-7-9-20(10-8-18)22-16-29-24(27-22)21-11-13-25-14-12-21/h2-14,16-17H,15H2,1H3,(H,26,28)/t17-/m1/s1. The molecule has 0 aliphatic heterocycles. The molecule has 0 saturated carbocycles. The Kier molecular flexibility index (Phi) is 5.77. The van der Waals surface area contributed by atoms with E-state index in [2.05, 4.69) is 15.7 Å². The molecular formula is C24H21N3OS. The smallest absolute Gasteiger partial charge is 0.224 e. The summed E-state index contributed by atoms with van der Waals surface area (Å²) in [6, 6.07) is 21.9. The van der Waals surface area contributed by atoms with Crippen LogP contribution in [0.3, 0.4) is 0 Å². The van der Waals surface area contributed by atoms with Gasteiger partial charge < -0.3 is 5.32 Å². The number of carbonyl (C=O) groups excluding carboxylic acids is 1. The number of nitrogens with zero attached hydrogens (tertiary/aromatic N) is 2. The Bertz CT molecular complexity index is 1080. The van der Waals surface area contributed by atoms with Crippen LogP contribution >= 0.6 is 11.3 Å². The van der Waals surface area contributed by atoms with Crippen LogP contribution in [0, 0.1) is 0 Å². The van der Waals surface area contributed by atoms with Gasteiger partial charge in [-0.1, -0.05) is 54.6 Å². The lowest BCUT2D eigenvalue weighted by atomic mass is 10.1. The molecule has 0 saturated heterocycles. The Morgan fingerprint density at radius 2 is 1.69 bits per heavy atom. The number of nitrogens with one attached hydrogen (secondary N) is 1. The van der Waals surface area contributed by atoms with Crippen LogP contribution in [0.25, 0.3) is 21.8 Å². The lowest BCUT2D eigenvalue weighted by Crippen LogP contribution is -2.28. The van der Waals surface area contributed by atoms with E-state index in [9.17, 15) is 4.79 Å². The number of amides is 1. The zero-order chi connectivity index (χ0) is 20.1. The summed E-state index contributed by atoms with van der Waals surface area (Å²) in [4.78, 5) is 21.2. The maximum Gasteiger partial charge on any atom is 0.224 e. The molecule has 0 radical (unpaired) electrons. The van der Waals surface area contributed by atoms with Crippen LogP contribution < -0.4 is 5.32 Å². The lowest BCUT2D eigenvalue weighted by Gasteiger charge is -2.14.